The Kier molecular flexibility index (Phi) is 10.2. The van der Waals surface area contributed by atoms with E-state index in [1.54, 1.807) is 0 Å². The molecule has 5 aliphatic rings. The number of hydrogen-bond acceptors (Lipinski definition) is 15. The predicted octanol–water partition coefficient (Wildman–Crippen LogP) is -4.55. The van der Waals surface area contributed by atoms with Crippen molar-refractivity contribution in [3.05, 3.63) is 0 Å². The van der Waals surface area contributed by atoms with Crippen LogP contribution in [0.4, 0.5) is 0 Å². The molecule has 0 aromatic carbocycles. The number of ether oxygens (including phenoxy) is 5. The molecular formula is C26H44O15. The molecule has 3 aliphatic heterocycles. The van der Waals surface area contributed by atoms with Gasteiger partial charge in [-0.05, 0) is 44.4 Å². The van der Waals surface area contributed by atoms with Crippen LogP contribution in [0.5, 0.6) is 0 Å². The molecule has 0 bridgehead atoms. The van der Waals surface area contributed by atoms with Gasteiger partial charge >= 0.3 is 0 Å². The maximum atomic E-state index is 11.0. The van der Waals surface area contributed by atoms with Crippen LogP contribution in [0.1, 0.15) is 38.5 Å². The summed E-state index contributed by atoms with van der Waals surface area (Å²) in [7, 11) is 0. The van der Waals surface area contributed by atoms with Crippen LogP contribution in [0.25, 0.3) is 0 Å². The van der Waals surface area contributed by atoms with Crippen molar-refractivity contribution in [1.29, 1.82) is 0 Å². The Hall–Kier alpha value is -0.600. The van der Waals surface area contributed by atoms with Crippen molar-refractivity contribution >= 4 is 0 Å². The Morgan fingerprint density at radius 3 is 2.10 bits per heavy atom. The summed E-state index contributed by atoms with van der Waals surface area (Å²) in [6.45, 7) is -1.04. The molecule has 5 rings (SSSR count). The number of fused-ring (bicyclic) bond motifs is 1. The van der Waals surface area contributed by atoms with E-state index in [0.29, 0.717) is 19.3 Å². The van der Waals surface area contributed by atoms with Crippen molar-refractivity contribution in [2.24, 2.45) is 11.8 Å². The average molecular weight is 597 g/mol. The van der Waals surface area contributed by atoms with E-state index in [1.807, 2.05) is 0 Å². The van der Waals surface area contributed by atoms with Gasteiger partial charge in [-0.15, -0.1) is 0 Å². The van der Waals surface area contributed by atoms with Crippen LogP contribution in [-0.4, -0.2) is 162 Å². The van der Waals surface area contributed by atoms with Gasteiger partial charge in [-0.25, -0.2) is 0 Å². The highest BCUT2D eigenvalue weighted by molar-refractivity contribution is 4.99. The maximum absolute atomic E-state index is 11.0. The van der Waals surface area contributed by atoms with Crippen molar-refractivity contribution in [2.45, 2.75) is 137 Å². The van der Waals surface area contributed by atoms with Gasteiger partial charge in [-0.2, -0.15) is 0 Å². The molecule has 9 unspecified atom stereocenters. The summed E-state index contributed by atoms with van der Waals surface area (Å²) >= 11 is 0. The third-order valence-electron chi connectivity index (χ3n) is 9.36. The highest BCUT2D eigenvalue weighted by Gasteiger charge is 2.53. The molecule has 41 heavy (non-hydrogen) atoms. The topological polar surface area (TPSA) is 248 Å². The molecule has 10 N–H and O–H groups in total. The Labute approximate surface area is 236 Å². The van der Waals surface area contributed by atoms with Gasteiger partial charge in [0, 0.05) is 5.92 Å². The molecule has 5 fully saturated rings. The monoisotopic (exact) mass is 596 g/mol. The maximum Gasteiger partial charge on any atom is 0.187 e. The summed E-state index contributed by atoms with van der Waals surface area (Å²) in [4.78, 5) is 0. The van der Waals surface area contributed by atoms with Gasteiger partial charge in [0.2, 0.25) is 0 Å². The molecule has 0 aromatic heterocycles. The smallest absolute Gasteiger partial charge is 0.187 e. The van der Waals surface area contributed by atoms with Gasteiger partial charge in [0.15, 0.2) is 12.6 Å². The van der Waals surface area contributed by atoms with E-state index in [9.17, 15) is 51.1 Å². The molecule has 0 aromatic rings. The Morgan fingerprint density at radius 1 is 0.634 bits per heavy atom. The van der Waals surface area contributed by atoms with E-state index in [-0.39, 0.29) is 31.8 Å². The summed E-state index contributed by atoms with van der Waals surface area (Å²) in [5.41, 5.74) is 0. The Balaban J connectivity index is 1.39. The van der Waals surface area contributed by atoms with Crippen LogP contribution in [0, 0.1) is 11.8 Å². The normalized spacial score (nSPS) is 54.9. The van der Waals surface area contributed by atoms with Crippen LogP contribution in [0.15, 0.2) is 0 Å². The van der Waals surface area contributed by atoms with Crippen molar-refractivity contribution in [3.8, 4) is 0 Å². The molecule has 238 valence electrons. The fourth-order valence-corrected chi connectivity index (χ4v) is 6.94. The molecule has 3 heterocycles. The number of hydrogen-bond donors (Lipinski definition) is 10. The van der Waals surface area contributed by atoms with Crippen LogP contribution in [-0.2, 0) is 23.7 Å². The van der Waals surface area contributed by atoms with Gasteiger partial charge in [0.25, 0.3) is 0 Å². The zero-order valence-corrected chi connectivity index (χ0v) is 22.6. The lowest BCUT2D eigenvalue weighted by molar-refractivity contribution is -0.371. The molecule has 2 saturated carbocycles. The first-order chi connectivity index (χ1) is 19.5. The predicted molar refractivity (Wildman–Crippen MR) is 133 cm³/mol. The van der Waals surface area contributed by atoms with Crippen molar-refractivity contribution < 1.29 is 74.7 Å². The minimum Gasteiger partial charge on any atom is -0.394 e. The second kappa shape index (κ2) is 13.2. The fourth-order valence-electron chi connectivity index (χ4n) is 6.94. The van der Waals surface area contributed by atoms with Gasteiger partial charge in [0.05, 0.1) is 55.9 Å². The van der Waals surface area contributed by atoms with Crippen molar-refractivity contribution in [1.82, 2.24) is 0 Å². The quantitative estimate of drug-likeness (QED) is 0.139. The molecule has 18 atom stereocenters. The first-order valence-electron chi connectivity index (χ1n) is 14.4. The number of aliphatic hydroxyl groups excluding tert-OH is 10. The van der Waals surface area contributed by atoms with Crippen LogP contribution in [0.2, 0.25) is 0 Å². The fraction of sp³-hybridized carbons (Fsp3) is 1.00. The second-order valence-electron chi connectivity index (χ2n) is 12.2. The minimum atomic E-state index is -1.70. The Morgan fingerprint density at radius 2 is 1.39 bits per heavy atom. The third-order valence-corrected chi connectivity index (χ3v) is 9.36. The molecule has 15 nitrogen and oxygen atoms in total. The molecule has 0 radical (unpaired) electrons. The first-order valence-corrected chi connectivity index (χ1v) is 14.4. The lowest BCUT2D eigenvalue weighted by Gasteiger charge is -2.51. The molecule has 0 spiro atoms. The molecule has 15 heteroatoms. The van der Waals surface area contributed by atoms with E-state index in [1.165, 1.54) is 0 Å². The lowest BCUT2D eigenvalue weighted by Crippen LogP contribution is -2.64. The Bertz CT molecular complexity index is 852. The zero-order chi connectivity index (χ0) is 29.6. The van der Waals surface area contributed by atoms with Gasteiger partial charge in [0.1, 0.15) is 42.7 Å². The van der Waals surface area contributed by atoms with Crippen LogP contribution < -0.4 is 0 Å². The molecule has 2 aliphatic carbocycles. The highest BCUT2D eigenvalue weighted by atomic mass is 16.8. The van der Waals surface area contributed by atoms with E-state index >= 15 is 0 Å². The number of aliphatic hydroxyl groups is 10. The summed E-state index contributed by atoms with van der Waals surface area (Å²) in [6, 6.07) is 0. The van der Waals surface area contributed by atoms with E-state index < -0.39 is 111 Å². The third kappa shape index (κ3) is 6.60. The largest absolute Gasteiger partial charge is 0.394 e. The summed E-state index contributed by atoms with van der Waals surface area (Å²) < 4.78 is 29.7. The summed E-state index contributed by atoms with van der Waals surface area (Å²) in [5.74, 6) is -0.686. The minimum absolute atomic E-state index is 0.157. The molecule has 3 saturated heterocycles. The van der Waals surface area contributed by atoms with Crippen molar-refractivity contribution in [2.75, 3.05) is 13.2 Å². The van der Waals surface area contributed by atoms with Gasteiger partial charge in [-0.3, -0.25) is 0 Å². The molecule has 0 amide bonds. The van der Waals surface area contributed by atoms with Crippen LogP contribution >= 0.6 is 0 Å². The van der Waals surface area contributed by atoms with E-state index in [4.69, 9.17) is 23.7 Å². The second-order valence-corrected chi connectivity index (χ2v) is 12.2. The number of rotatable bonds is 6. The van der Waals surface area contributed by atoms with Crippen LogP contribution in [0.3, 0.4) is 0 Å². The average Bonchev–Trinajstić information content (AvgIpc) is 2.94. The van der Waals surface area contributed by atoms with E-state index in [0.717, 1.165) is 0 Å². The zero-order valence-electron chi connectivity index (χ0n) is 22.6. The van der Waals surface area contributed by atoms with Gasteiger partial charge in [-0.1, -0.05) is 0 Å². The van der Waals surface area contributed by atoms with Gasteiger partial charge < -0.3 is 74.7 Å². The lowest BCUT2D eigenvalue weighted by atomic mass is 9.72. The SMILES string of the molecule is OC[C@@H]1O[C@H](OC2CC3C(O)CC(O)CC3OC2C2CCC(O)C(O)C2)[C@@H](O[C@@H]2OC[C@@H](O)[C@H](O)[C@H]2O)[C@H](O)[C@@H]1O. The van der Waals surface area contributed by atoms with Crippen molar-refractivity contribution in [3.63, 3.8) is 0 Å². The standard InChI is InChI=1S/C26H44O15/c27-7-18-20(34)21(35)24(41-25-22(36)19(33)15(32)8-37-25)26(40-18)39-17-6-11-13(30)4-10(28)5-16(11)38-23(17)9-1-2-12(29)14(31)3-9/h9-36H,1-8H2/t9?,10?,11?,12?,13?,14?,15-,16?,17?,18+,19+,20-,21-,22-,23?,24+,25+,26+/m1/s1. The summed E-state index contributed by atoms with van der Waals surface area (Å²) in [6.07, 6.45) is -17.4. The highest BCUT2D eigenvalue weighted by Crippen LogP contribution is 2.43. The summed E-state index contributed by atoms with van der Waals surface area (Å²) in [5, 5.41) is 103. The van der Waals surface area contributed by atoms with E-state index in [2.05, 4.69) is 0 Å². The first kappa shape index (κ1) is 31.8. The molecular weight excluding hydrogens is 552 g/mol.